The van der Waals surface area contributed by atoms with E-state index >= 15 is 0 Å². The van der Waals surface area contributed by atoms with Crippen molar-refractivity contribution < 1.29 is 9.47 Å². The maximum atomic E-state index is 6.33. The summed E-state index contributed by atoms with van der Waals surface area (Å²) < 4.78 is 12.4. The minimum Gasteiger partial charge on any atom is -0.491 e. The van der Waals surface area contributed by atoms with E-state index in [1.165, 1.54) is 11.3 Å². The van der Waals surface area contributed by atoms with Gasteiger partial charge in [-0.05, 0) is 12.8 Å². The second kappa shape index (κ2) is 6.99. The van der Waals surface area contributed by atoms with Gasteiger partial charge in [0, 0.05) is 13.1 Å². The molecule has 0 fully saturated rings. The smallest absolute Gasteiger partial charge is 0.183 e. The zero-order valence-corrected chi connectivity index (χ0v) is 13.5. The Morgan fingerprint density at radius 3 is 2.60 bits per heavy atom. The van der Waals surface area contributed by atoms with Gasteiger partial charge in [0.25, 0.3) is 0 Å². The molecule has 0 spiro atoms. The van der Waals surface area contributed by atoms with Crippen LogP contribution in [0.2, 0.25) is 5.02 Å². The highest BCUT2D eigenvalue weighted by molar-refractivity contribution is 7.22. The van der Waals surface area contributed by atoms with E-state index in [-0.39, 0.29) is 0 Å². The monoisotopic (exact) mass is 314 g/mol. The predicted molar refractivity (Wildman–Crippen MR) is 85.7 cm³/mol. The number of fused-ring (bicyclic) bond motifs is 1. The Kier molecular flexibility index (Phi) is 5.31. The van der Waals surface area contributed by atoms with Gasteiger partial charge >= 0.3 is 0 Å². The fraction of sp³-hybridized carbons (Fsp3) is 0.500. The van der Waals surface area contributed by atoms with Gasteiger partial charge < -0.3 is 14.8 Å². The van der Waals surface area contributed by atoms with Crippen LogP contribution in [0.15, 0.2) is 6.07 Å². The summed E-state index contributed by atoms with van der Waals surface area (Å²) in [5.74, 6) is 1.42. The molecule has 0 aliphatic heterocycles. The van der Waals surface area contributed by atoms with Crippen LogP contribution in [0.3, 0.4) is 0 Å². The fourth-order valence-corrected chi connectivity index (χ4v) is 3.01. The highest BCUT2D eigenvalue weighted by Gasteiger charge is 2.18. The molecule has 0 unspecified atom stereocenters. The Morgan fingerprint density at radius 1 is 1.25 bits per heavy atom. The van der Waals surface area contributed by atoms with E-state index in [1.54, 1.807) is 6.07 Å². The van der Waals surface area contributed by atoms with Crippen molar-refractivity contribution in [3.05, 3.63) is 11.1 Å². The molecule has 0 atom stereocenters. The summed E-state index contributed by atoms with van der Waals surface area (Å²) in [4.78, 5) is 4.54. The first-order valence-corrected chi connectivity index (χ1v) is 7.97. The van der Waals surface area contributed by atoms with E-state index in [0.29, 0.717) is 29.7 Å². The van der Waals surface area contributed by atoms with Gasteiger partial charge in [0.15, 0.2) is 10.9 Å². The third-order valence-corrected chi connectivity index (χ3v) is 4.02. The van der Waals surface area contributed by atoms with E-state index in [1.807, 2.05) is 7.05 Å². The van der Waals surface area contributed by atoms with Gasteiger partial charge in [0.1, 0.15) is 16.0 Å². The van der Waals surface area contributed by atoms with Crippen molar-refractivity contribution in [2.75, 3.05) is 25.6 Å². The van der Waals surface area contributed by atoms with Crippen LogP contribution in [-0.2, 0) is 0 Å². The average Bonchev–Trinajstić information content (AvgIpc) is 2.88. The standard InChI is InChI=1S/C14H19ClN2O2S/c1-4-6-18-10-8-9(15)12(19-7-5-2)13-11(10)17-14(16-3)20-13/h8H,4-7H2,1-3H3,(H,16,17). The molecule has 0 aliphatic carbocycles. The van der Waals surface area contributed by atoms with Gasteiger partial charge in [0.2, 0.25) is 0 Å². The molecule has 0 amide bonds. The summed E-state index contributed by atoms with van der Waals surface area (Å²) >= 11 is 7.85. The summed E-state index contributed by atoms with van der Waals surface area (Å²) in [6.07, 6.45) is 1.87. The molecule has 0 bridgehead atoms. The molecule has 110 valence electrons. The normalized spacial score (nSPS) is 10.8. The van der Waals surface area contributed by atoms with Gasteiger partial charge in [-0.1, -0.05) is 36.8 Å². The maximum absolute atomic E-state index is 6.33. The van der Waals surface area contributed by atoms with Crippen molar-refractivity contribution in [3.8, 4) is 11.5 Å². The Morgan fingerprint density at radius 2 is 1.95 bits per heavy atom. The Bertz CT molecular complexity index is 586. The van der Waals surface area contributed by atoms with E-state index in [9.17, 15) is 0 Å². The van der Waals surface area contributed by atoms with Crippen LogP contribution in [0.1, 0.15) is 26.7 Å². The first-order chi connectivity index (χ1) is 9.71. The molecular weight excluding hydrogens is 296 g/mol. The topological polar surface area (TPSA) is 43.4 Å². The first kappa shape index (κ1) is 15.2. The molecule has 0 saturated carbocycles. The number of hydrogen-bond donors (Lipinski definition) is 1. The van der Waals surface area contributed by atoms with Crippen LogP contribution < -0.4 is 14.8 Å². The lowest BCUT2D eigenvalue weighted by molar-refractivity contribution is 0.314. The summed E-state index contributed by atoms with van der Waals surface area (Å²) in [6, 6.07) is 1.80. The van der Waals surface area contributed by atoms with Crippen molar-refractivity contribution in [2.24, 2.45) is 0 Å². The number of ether oxygens (including phenoxy) is 2. The SMILES string of the molecule is CCCOc1cc(Cl)c(OCCC)c2sc(NC)nc12. The quantitative estimate of drug-likeness (QED) is 0.813. The molecule has 1 aromatic heterocycles. The maximum Gasteiger partial charge on any atom is 0.183 e. The van der Waals surface area contributed by atoms with Gasteiger partial charge in [-0.15, -0.1) is 0 Å². The lowest BCUT2D eigenvalue weighted by Crippen LogP contribution is -1.99. The van der Waals surface area contributed by atoms with Crippen LogP contribution in [0, 0.1) is 0 Å². The van der Waals surface area contributed by atoms with E-state index in [0.717, 1.165) is 28.2 Å². The Labute approximate surface area is 128 Å². The molecule has 4 nitrogen and oxygen atoms in total. The zero-order valence-electron chi connectivity index (χ0n) is 12.0. The number of benzene rings is 1. The van der Waals surface area contributed by atoms with Gasteiger partial charge in [-0.2, -0.15) is 0 Å². The van der Waals surface area contributed by atoms with Crippen LogP contribution in [0.5, 0.6) is 11.5 Å². The molecule has 6 heteroatoms. The van der Waals surface area contributed by atoms with Crippen LogP contribution in [-0.4, -0.2) is 25.2 Å². The minimum atomic E-state index is 0.573. The number of aromatic nitrogens is 1. The lowest BCUT2D eigenvalue weighted by Gasteiger charge is -2.11. The zero-order chi connectivity index (χ0) is 14.5. The number of anilines is 1. The van der Waals surface area contributed by atoms with E-state index in [2.05, 4.69) is 24.1 Å². The molecule has 20 heavy (non-hydrogen) atoms. The Hall–Kier alpha value is -1.20. The third-order valence-electron chi connectivity index (χ3n) is 2.67. The first-order valence-electron chi connectivity index (χ1n) is 6.77. The van der Waals surface area contributed by atoms with Gasteiger partial charge in [-0.25, -0.2) is 4.98 Å². The van der Waals surface area contributed by atoms with E-state index in [4.69, 9.17) is 21.1 Å². The lowest BCUT2D eigenvalue weighted by atomic mass is 10.3. The summed E-state index contributed by atoms with van der Waals surface area (Å²) in [6.45, 7) is 5.41. The van der Waals surface area contributed by atoms with Crippen molar-refractivity contribution in [1.82, 2.24) is 4.98 Å². The fourth-order valence-electron chi connectivity index (χ4n) is 1.77. The highest BCUT2D eigenvalue weighted by atomic mass is 35.5. The summed E-state index contributed by atoms with van der Waals surface area (Å²) in [5.41, 5.74) is 0.809. The average molecular weight is 315 g/mol. The highest BCUT2D eigenvalue weighted by Crippen LogP contribution is 2.43. The van der Waals surface area contributed by atoms with Crippen LogP contribution in [0.25, 0.3) is 10.2 Å². The van der Waals surface area contributed by atoms with Crippen molar-refractivity contribution >= 4 is 38.3 Å². The molecule has 1 aromatic carbocycles. The molecule has 2 rings (SSSR count). The van der Waals surface area contributed by atoms with E-state index < -0.39 is 0 Å². The minimum absolute atomic E-state index is 0.573. The molecule has 1 heterocycles. The van der Waals surface area contributed by atoms with Crippen LogP contribution in [0.4, 0.5) is 5.13 Å². The van der Waals surface area contributed by atoms with Crippen molar-refractivity contribution in [1.29, 1.82) is 0 Å². The summed E-state index contributed by atoms with van der Waals surface area (Å²) in [7, 11) is 1.85. The second-order valence-corrected chi connectivity index (χ2v) is 5.74. The second-order valence-electron chi connectivity index (χ2n) is 4.33. The molecule has 2 aromatic rings. The molecule has 1 N–H and O–H groups in total. The van der Waals surface area contributed by atoms with Gasteiger partial charge in [-0.3, -0.25) is 0 Å². The molecule has 0 radical (unpaired) electrons. The number of nitrogens with zero attached hydrogens (tertiary/aromatic N) is 1. The number of hydrogen-bond acceptors (Lipinski definition) is 5. The summed E-state index contributed by atoms with van der Waals surface area (Å²) in [5, 5.41) is 4.45. The van der Waals surface area contributed by atoms with Crippen LogP contribution >= 0.6 is 22.9 Å². The molecular formula is C14H19ClN2O2S. The number of thiazole rings is 1. The number of rotatable bonds is 7. The third kappa shape index (κ3) is 3.10. The number of halogens is 1. The molecule has 0 aliphatic rings. The van der Waals surface area contributed by atoms with Crippen molar-refractivity contribution in [3.63, 3.8) is 0 Å². The predicted octanol–water partition coefficient (Wildman–Crippen LogP) is 4.57. The number of nitrogens with one attached hydrogen (secondary N) is 1. The van der Waals surface area contributed by atoms with Gasteiger partial charge in [0.05, 0.1) is 18.2 Å². The molecule has 0 saturated heterocycles. The largest absolute Gasteiger partial charge is 0.491 e. The van der Waals surface area contributed by atoms with Crippen molar-refractivity contribution in [2.45, 2.75) is 26.7 Å². The Balaban J connectivity index is 2.51.